The molecular formula is C18H16O4. The van der Waals surface area contributed by atoms with Gasteiger partial charge < -0.3 is 18.9 Å². The first kappa shape index (κ1) is 13.1. The predicted molar refractivity (Wildman–Crippen MR) is 81.7 cm³/mol. The number of ether oxygens (including phenoxy) is 4. The number of rotatable bonds is 4. The summed E-state index contributed by atoms with van der Waals surface area (Å²) in [6.45, 7) is 0.636. The molecule has 22 heavy (non-hydrogen) atoms. The minimum Gasteiger partial charge on any atom is -0.454 e. The van der Waals surface area contributed by atoms with E-state index in [2.05, 4.69) is 24.3 Å². The van der Waals surface area contributed by atoms with Gasteiger partial charge in [-0.25, -0.2) is 0 Å². The highest BCUT2D eigenvalue weighted by molar-refractivity contribution is 5.46. The predicted octanol–water partition coefficient (Wildman–Crippen LogP) is 3.49. The van der Waals surface area contributed by atoms with E-state index in [0.717, 1.165) is 35.8 Å². The Hall–Kier alpha value is -2.62. The van der Waals surface area contributed by atoms with Gasteiger partial charge in [-0.2, -0.15) is 0 Å². The molecule has 0 spiro atoms. The Labute approximate surface area is 128 Å². The zero-order valence-corrected chi connectivity index (χ0v) is 12.1. The molecule has 112 valence electrons. The molecule has 0 fully saturated rings. The number of hydrogen-bond donors (Lipinski definition) is 0. The zero-order valence-electron chi connectivity index (χ0n) is 12.1. The monoisotopic (exact) mass is 296 g/mol. The van der Waals surface area contributed by atoms with Gasteiger partial charge >= 0.3 is 0 Å². The molecule has 0 radical (unpaired) electrons. The average molecular weight is 296 g/mol. The van der Waals surface area contributed by atoms with Crippen molar-refractivity contribution in [1.29, 1.82) is 0 Å². The van der Waals surface area contributed by atoms with Crippen LogP contribution in [0.3, 0.4) is 0 Å². The first-order valence-electron chi connectivity index (χ1n) is 7.30. The van der Waals surface area contributed by atoms with Gasteiger partial charge in [0.2, 0.25) is 13.6 Å². The Morgan fingerprint density at radius 2 is 1.09 bits per heavy atom. The average Bonchev–Trinajstić information content (AvgIpc) is 3.19. The minimum absolute atomic E-state index is 0.318. The van der Waals surface area contributed by atoms with Crippen molar-refractivity contribution in [2.24, 2.45) is 0 Å². The molecule has 2 aliphatic heterocycles. The van der Waals surface area contributed by atoms with E-state index in [0.29, 0.717) is 13.6 Å². The van der Waals surface area contributed by atoms with Crippen LogP contribution in [0.2, 0.25) is 0 Å². The first-order chi connectivity index (χ1) is 10.9. The summed E-state index contributed by atoms with van der Waals surface area (Å²) in [6, 6.07) is 12.1. The van der Waals surface area contributed by atoms with E-state index < -0.39 is 0 Å². The maximum atomic E-state index is 5.39. The van der Waals surface area contributed by atoms with Crippen LogP contribution in [0, 0.1) is 0 Å². The lowest BCUT2D eigenvalue weighted by molar-refractivity contribution is 0.173. The molecule has 4 rings (SSSR count). The van der Waals surface area contributed by atoms with Gasteiger partial charge in [0.25, 0.3) is 0 Å². The van der Waals surface area contributed by atoms with E-state index in [9.17, 15) is 0 Å². The highest BCUT2D eigenvalue weighted by Gasteiger charge is 2.13. The number of benzene rings is 2. The maximum Gasteiger partial charge on any atom is 0.231 e. The smallest absolute Gasteiger partial charge is 0.231 e. The second-order valence-electron chi connectivity index (χ2n) is 5.25. The molecule has 2 heterocycles. The number of allylic oxidation sites excluding steroid dienone is 2. The molecule has 0 unspecified atom stereocenters. The Bertz CT molecular complexity index is 660. The molecular weight excluding hydrogens is 280 g/mol. The van der Waals surface area contributed by atoms with Crippen molar-refractivity contribution in [2.45, 2.75) is 12.8 Å². The van der Waals surface area contributed by atoms with Crippen LogP contribution in [0.5, 0.6) is 23.0 Å². The van der Waals surface area contributed by atoms with Gasteiger partial charge in [-0.1, -0.05) is 24.3 Å². The quantitative estimate of drug-likeness (QED) is 0.809. The van der Waals surface area contributed by atoms with Crippen LogP contribution in [0.1, 0.15) is 11.1 Å². The van der Waals surface area contributed by atoms with Gasteiger partial charge in [0.15, 0.2) is 23.0 Å². The number of hydrogen-bond acceptors (Lipinski definition) is 4. The molecule has 4 heteroatoms. The van der Waals surface area contributed by atoms with Crippen molar-refractivity contribution in [3.63, 3.8) is 0 Å². The van der Waals surface area contributed by atoms with E-state index in [1.165, 1.54) is 11.1 Å². The molecule has 4 nitrogen and oxygen atoms in total. The molecule has 0 saturated heterocycles. The van der Waals surface area contributed by atoms with Gasteiger partial charge in [-0.15, -0.1) is 0 Å². The van der Waals surface area contributed by atoms with Crippen LogP contribution in [0.25, 0.3) is 0 Å². The standard InChI is InChI=1S/C18H16O4/c1(3-13-5-7-15-17(9-13)21-11-19-15)2-4-14-6-8-16-18(10-14)22-12-20-16/h1-2,5-10H,3-4,11-12H2/b2-1+. The van der Waals surface area contributed by atoms with E-state index in [1.807, 2.05) is 24.3 Å². The van der Waals surface area contributed by atoms with Gasteiger partial charge in [0.1, 0.15) is 0 Å². The van der Waals surface area contributed by atoms with Crippen molar-refractivity contribution in [1.82, 2.24) is 0 Å². The third kappa shape index (κ3) is 2.60. The molecule has 0 N–H and O–H groups in total. The molecule has 0 amide bonds. The first-order valence-corrected chi connectivity index (χ1v) is 7.30. The molecule has 2 aromatic carbocycles. The van der Waals surface area contributed by atoms with Crippen molar-refractivity contribution in [3.8, 4) is 23.0 Å². The second kappa shape index (κ2) is 5.64. The SMILES string of the molecule is C(=C\Cc1ccc2c(c1)OCO2)/Cc1ccc2c(c1)OCO2. The highest BCUT2D eigenvalue weighted by atomic mass is 16.7. The molecule has 0 saturated carbocycles. The summed E-state index contributed by atoms with van der Waals surface area (Å²) in [5.41, 5.74) is 2.43. The summed E-state index contributed by atoms with van der Waals surface area (Å²) in [5.74, 6) is 3.32. The molecule has 0 aromatic heterocycles. The van der Waals surface area contributed by atoms with Crippen LogP contribution in [0.4, 0.5) is 0 Å². The van der Waals surface area contributed by atoms with E-state index >= 15 is 0 Å². The maximum absolute atomic E-state index is 5.39. The minimum atomic E-state index is 0.318. The summed E-state index contributed by atoms with van der Waals surface area (Å²) in [6.07, 6.45) is 6.09. The van der Waals surface area contributed by atoms with Gasteiger partial charge in [0, 0.05) is 0 Å². The molecule has 0 atom stereocenters. The Morgan fingerprint density at radius 1 is 0.636 bits per heavy atom. The van der Waals surface area contributed by atoms with Crippen LogP contribution in [0.15, 0.2) is 48.6 Å². The van der Waals surface area contributed by atoms with E-state index in [-0.39, 0.29) is 0 Å². The third-order valence-electron chi connectivity index (χ3n) is 3.75. The molecule has 0 aliphatic carbocycles. The van der Waals surface area contributed by atoms with Gasteiger partial charge in [-0.3, -0.25) is 0 Å². The fraction of sp³-hybridized carbons (Fsp3) is 0.222. The highest BCUT2D eigenvalue weighted by Crippen LogP contribution is 2.33. The Balaban J connectivity index is 1.36. The summed E-state index contributed by atoms with van der Waals surface area (Å²) < 4.78 is 21.4. The normalized spacial score (nSPS) is 14.7. The van der Waals surface area contributed by atoms with E-state index in [1.54, 1.807) is 0 Å². The molecule has 2 aromatic rings. The van der Waals surface area contributed by atoms with Crippen molar-refractivity contribution in [3.05, 3.63) is 59.7 Å². The summed E-state index contributed by atoms with van der Waals surface area (Å²) >= 11 is 0. The lowest BCUT2D eigenvalue weighted by atomic mass is 10.1. The fourth-order valence-electron chi connectivity index (χ4n) is 2.57. The largest absolute Gasteiger partial charge is 0.454 e. The van der Waals surface area contributed by atoms with Crippen LogP contribution >= 0.6 is 0 Å². The van der Waals surface area contributed by atoms with Crippen molar-refractivity contribution >= 4 is 0 Å². The summed E-state index contributed by atoms with van der Waals surface area (Å²) in [7, 11) is 0. The fourth-order valence-corrected chi connectivity index (χ4v) is 2.57. The van der Waals surface area contributed by atoms with Crippen LogP contribution < -0.4 is 18.9 Å². The van der Waals surface area contributed by atoms with Gasteiger partial charge in [0.05, 0.1) is 0 Å². The molecule has 0 bridgehead atoms. The van der Waals surface area contributed by atoms with Crippen molar-refractivity contribution in [2.75, 3.05) is 13.6 Å². The van der Waals surface area contributed by atoms with Crippen LogP contribution in [-0.4, -0.2) is 13.6 Å². The lowest BCUT2D eigenvalue weighted by Crippen LogP contribution is -1.92. The zero-order chi connectivity index (χ0) is 14.8. The Kier molecular flexibility index (Phi) is 3.35. The van der Waals surface area contributed by atoms with Crippen molar-refractivity contribution < 1.29 is 18.9 Å². The summed E-state index contributed by atoms with van der Waals surface area (Å²) in [4.78, 5) is 0. The van der Waals surface area contributed by atoms with Crippen LogP contribution in [-0.2, 0) is 12.8 Å². The van der Waals surface area contributed by atoms with E-state index in [4.69, 9.17) is 18.9 Å². The summed E-state index contributed by atoms with van der Waals surface area (Å²) in [5, 5.41) is 0. The number of fused-ring (bicyclic) bond motifs is 2. The Morgan fingerprint density at radius 3 is 1.59 bits per heavy atom. The topological polar surface area (TPSA) is 36.9 Å². The second-order valence-corrected chi connectivity index (χ2v) is 5.25. The third-order valence-corrected chi connectivity index (χ3v) is 3.75. The van der Waals surface area contributed by atoms with Gasteiger partial charge in [-0.05, 0) is 48.2 Å². The molecule has 2 aliphatic rings. The lowest BCUT2D eigenvalue weighted by Gasteiger charge is -2.01.